The lowest BCUT2D eigenvalue weighted by molar-refractivity contribution is 0.0334. The zero-order chi connectivity index (χ0) is 28.2. The molecule has 3 aromatic carbocycles. The molecule has 9 nitrogen and oxygen atoms in total. The number of rotatable bonds is 7. The van der Waals surface area contributed by atoms with E-state index in [1.807, 2.05) is 47.0 Å². The van der Waals surface area contributed by atoms with Gasteiger partial charge in [0.2, 0.25) is 0 Å². The number of halogens is 2. The van der Waals surface area contributed by atoms with Gasteiger partial charge < -0.3 is 20.7 Å². The quantitative estimate of drug-likeness (QED) is 0.191. The molecular weight excluding hydrogens is 561 g/mol. The molecule has 1 saturated heterocycles. The van der Waals surface area contributed by atoms with Gasteiger partial charge in [-0.3, -0.25) is 4.90 Å². The Balaban J connectivity index is 1.33. The average molecular weight is 588 g/mol. The lowest BCUT2D eigenvalue weighted by Gasteiger charge is -2.26. The van der Waals surface area contributed by atoms with E-state index in [2.05, 4.69) is 37.0 Å². The van der Waals surface area contributed by atoms with Crippen molar-refractivity contribution in [2.75, 3.05) is 42.3 Å². The monoisotopic (exact) mass is 587 g/mol. The summed E-state index contributed by atoms with van der Waals surface area (Å²) in [6.07, 6.45) is 1.56. The van der Waals surface area contributed by atoms with Crippen LogP contribution in [-0.2, 0) is 11.3 Å². The van der Waals surface area contributed by atoms with Crippen LogP contribution in [0.2, 0.25) is 10.0 Å². The Bertz CT molecular complexity index is 1690. The van der Waals surface area contributed by atoms with Crippen LogP contribution in [0.25, 0.3) is 16.6 Å². The maximum absolute atomic E-state index is 12.6. The highest BCUT2D eigenvalue weighted by Gasteiger charge is 2.20. The topological polar surface area (TPSA) is 95.8 Å². The van der Waals surface area contributed by atoms with Crippen molar-refractivity contribution in [2.45, 2.75) is 6.54 Å². The Morgan fingerprint density at radius 1 is 0.902 bits per heavy atom. The summed E-state index contributed by atoms with van der Waals surface area (Å²) in [5.74, 6) is 0.675. The van der Waals surface area contributed by atoms with Crippen LogP contribution in [0.15, 0.2) is 85.2 Å². The van der Waals surface area contributed by atoms with E-state index < -0.39 is 6.03 Å². The van der Waals surface area contributed by atoms with Crippen LogP contribution in [0.5, 0.6) is 0 Å². The molecule has 11 heteroatoms. The standard InChI is InChI=1S/C30H27Cl2N7O2/c31-21-5-4-8-23(16-21)36-30(40)37-27-10-9-20(15-26(27)32)25-17-24(18-38-11-13-41-14-12-38)39-28(25)29(33-19-34-39)35-22-6-2-1-3-7-22/h1-10,15-17,19H,11-14,18H2,(H,33,34,35)(H2,36,37,40). The van der Waals surface area contributed by atoms with E-state index in [0.717, 1.165) is 41.1 Å². The summed E-state index contributed by atoms with van der Waals surface area (Å²) in [5.41, 5.74) is 5.61. The van der Waals surface area contributed by atoms with Gasteiger partial charge in [0.15, 0.2) is 5.82 Å². The van der Waals surface area contributed by atoms with Gasteiger partial charge in [0, 0.05) is 41.6 Å². The highest BCUT2D eigenvalue weighted by Crippen LogP contribution is 2.36. The second-order valence-electron chi connectivity index (χ2n) is 9.58. The van der Waals surface area contributed by atoms with Gasteiger partial charge in [0.25, 0.3) is 0 Å². The predicted octanol–water partition coefficient (Wildman–Crippen LogP) is 6.92. The zero-order valence-electron chi connectivity index (χ0n) is 22.0. The van der Waals surface area contributed by atoms with E-state index in [4.69, 9.17) is 27.9 Å². The van der Waals surface area contributed by atoms with Crippen molar-refractivity contribution in [3.8, 4) is 11.1 Å². The van der Waals surface area contributed by atoms with Crippen molar-refractivity contribution < 1.29 is 9.53 Å². The van der Waals surface area contributed by atoms with Gasteiger partial charge in [-0.25, -0.2) is 14.3 Å². The van der Waals surface area contributed by atoms with Gasteiger partial charge in [-0.1, -0.05) is 53.5 Å². The summed E-state index contributed by atoms with van der Waals surface area (Å²) in [5, 5.41) is 14.6. The largest absolute Gasteiger partial charge is 0.379 e. The predicted molar refractivity (Wildman–Crippen MR) is 163 cm³/mol. The number of urea groups is 1. The minimum absolute atomic E-state index is 0.396. The highest BCUT2D eigenvalue weighted by atomic mass is 35.5. The van der Waals surface area contributed by atoms with E-state index >= 15 is 0 Å². The number of fused-ring (bicyclic) bond motifs is 1. The molecule has 0 atom stereocenters. The Morgan fingerprint density at radius 2 is 1.71 bits per heavy atom. The summed E-state index contributed by atoms with van der Waals surface area (Å²) in [6.45, 7) is 3.84. The molecule has 0 bridgehead atoms. The molecule has 208 valence electrons. The molecule has 0 saturated carbocycles. The maximum atomic E-state index is 12.6. The third-order valence-electron chi connectivity index (χ3n) is 6.76. The number of amides is 2. The number of para-hydroxylation sites is 1. The third kappa shape index (κ3) is 6.28. The normalized spacial score (nSPS) is 13.7. The van der Waals surface area contributed by atoms with E-state index in [1.165, 1.54) is 0 Å². The van der Waals surface area contributed by atoms with Gasteiger partial charge in [-0.05, 0) is 54.1 Å². The summed E-state index contributed by atoms with van der Waals surface area (Å²) < 4.78 is 7.47. The number of hydrogen-bond acceptors (Lipinski definition) is 6. The molecule has 3 N–H and O–H groups in total. The summed E-state index contributed by atoms with van der Waals surface area (Å²) >= 11 is 12.7. The summed E-state index contributed by atoms with van der Waals surface area (Å²) in [4.78, 5) is 19.6. The minimum atomic E-state index is -0.424. The number of carbonyl (C=O) groups is 1. The molecule has 0 unspecified atom stereocenters. The molecule has 0 radical (unpaired) electrons. The molecule has 6 rings (SSSR count). The molecule has 1 aliphatic heterocycles. The van der Waals surface area contributed by atoms with Crippen molar-refractivity contribution >= 4 is 57.6 Å². The Kier molecular flexibility index (Phi) is 8.02. The molecule has 0 spiro atoms. The first-order chi connectivity index (χ1) is 20.0. The number of morpholine rings is 1. The molecule has 5 aromatic rings. The van der Waals surface area contributed by atoms with Crippen molar-refractivity contribution in [1.82, 2.24) is 19.5 Å². The molecular formula is C30H27Cl2N7O2. The second-order valence-corrected chi connectivity index (χ2v) is 10.4. The number of aromatic nitrogens is 3. The molecule has 0 aliphatic carbocycles. The van der Waals surface area contributed by atoms with E-state index in [-0.39, 0.29) is 0 Å². The van der Waals surface area contributed by atoms with Gasteiger partial charge in [-0.15, -0.1) is 0 Å². The van der Waals surface area contributed by atoms with Crippen molar-refractivity contribution in [2.24, 2.45) is 0 Å². The van der Waals surface area contributed by atoms with Crippen molar-refractivity contribution in [3.63, 3.8) is 0 Å². The Hall–Kier alpha value is -4.15. The van der Waals surface area contributed by atoms with Crippen molar-refractivity contribution in [1.29, 1.82) is 0 Å². The molecule has 1 aliphatic rings. The van der Waals surface area contributed by atoms with Crippen LogP contribution in [-0.4, -0.2) is 51.8 Å². The lowest BCUT2D eigenvalue weighted by atomic mass is 10.1. The molecule has 1 fully saturated rings. The SMILES string of the molecule is O=C(Nc1cccc(Cl)c1)Nc1ccc(-c2cc(CN3CCOCC3)n3ncnc(Nc4ccccc4)c23)cc1Cl. The Labute approximate surface area is 247 Å². The third-order valence-corrected chi connectivity index (χ3v) is 7.31. The van der Waals surface area contributed by atoms with Gasteiger partial charge in [0.1, 0.15) is 11.8 Å². The first kappa shape index (κ1) is 27.0. The fourth-order valence-corrected chi connectivity index (χ4v) is 5.23. The number of ether oxygens (including phenoxy) is 1. The number of anilines is 4. The molecule has 3 heterocycles. The maximum Gasteiger partial charge on any atom is 0.323 e. The number of nitrogens with one attached hydrogen (secondary N) is 3. The summed E-state index contributed by atoms with van der Waals surface area (Å²) in [6, 6.07) is 24.1. The number of carbonyl (C=O) groups excluding carboxylic acids is 1. The molecule has 2 aromatic heterocycles. The first-order valence-electron chi connectivity index (χ1n) is 13.1. The van der Waals surface area contributed by atoms with E-state index in [9.17, 15) is 4.79 Å². The molecule has 41 heavy (non-hydrogen) atoms. The van der Waals surface area contributed by atoms with Gasteiger partial charge in [-0.2, -0.15) is 5.10 Å². The number of hydrogen-bond donors (Lipinski definition) is 3. The van der Waals surface area contributed by atoms with Gasteiger partial charge >= 0.3 is 6.03 Å². The van der Waals surface area contributed by atoms with Crippen LogP contribution in [0, 0.1) is 0 Å². The van der Waals surface area contributed by atoms with Crippen LogP contribution in [0.3, 0.4) is 0 Å². The Morgan fingerprint density at radius 3 is 2.49 bits per heavy atom. The van der Waals surface area contributed by atoms with E-state index in [1.54, 1.807) is 36.7 Å². The van der Waals surface area contributed by atoms with Crippen LogP contribution in [0.1, 0.15) is 5.69 Å². The fourth-order valence-electron chi connectivity index (χ4n) is 4.82. The highest BCUT2D eigenvalue weighted by molar-refractivity contribution is 6.34. The van der Waals surface area contributed by atoms with E-state index in [0.29, 0.717) is 47.0 Å². The minimum Gasteiger partial charge on any atom is -0.379 e. The lowest BCUT2D eigenvalue weighted by Crippen LogP contribution is -2.36. The first-order valence-corrected chi connectivity index (χ1v) is 13.9. The van der Waals surface area contributed by atoms with Crippen molar-refractivity contribution in [3.05, 3.63) is 101 Å². The van der Waals surface area contributed by atoms with Crippen LogP contribution in [0.4, 0.5) is 27.7 Å². The summed E-state index contributed by atoms with van der Waals surface area (Å²) in [7, 11) is 0. The van der Waals surface area contributed by atoms with Gasteiger partial charge in [0.05, 0.1) is 29.6 Å². The average Bonchev–Trinajstić information content (AvgIpc) is 3.34. The van der Waals surface area contributed by atoms with Crippen LogP contribution >= 0.6 is 23.2 Å². The molecule has 2 amide bonds. The van der Waals surface area contributed by atoms with Crippen LogP contribution < -0.4 is 16.0 Å². The number of nitrogens with zero attached hydrogens (tertiary/aromatic N) is 4. The number of benzene rings is 3. The smallest absolute Gasteiger partial charge is 0.323 e. The zero-order valence-corrected chi connectivity index (χ0v) is 23.5. The fraction of sp³-hybridized carbons (Fsp3) is 0.167. The second kappa shape index (κ2) is 12.2.